The highest BCUT2D eigenvalue weighted by Gasteiger charge is 2.05. The minimum absolute atomic E-state index is 0.0829. The molecule has 0 unspecified atom stereocenters. The summed E-state index contributed by atoms with van der Waals surface area (Å²) in [5.74, 6) is 1.25. The molecule has 76 valence electrons. The van der Waals surface area contributed by atoms with E-state index in [1.165, 1.54) is 6.20 Å². The molecular weight excluding hydrogens is 264 g/mol. The molecule has 0 aromatic carbocycles. The van der Waals surface area contributed by atoms with Crippen molar-refractivity contribution in [2.24, 2.45) is 0 Å². The van der Waals surface area contributed by atoms with Gasteiger partial charge in [0.15, 0.2) is 0 Å². The summed E-state index contributed by atoms with van der Waals surface area (Å²) in [6.45, 7) is 6.07. The van der Waals surface area contributed by atoms with Crippen LogP contribution in [0.25, 0.3) is 0 Å². The summed E-state index contributed by atoms with van der Waals surface area (Å²) in [7, 11) is 0. The topological polar surface area (TPSA) is 34.9 Å². The Morgan fingerprint density at radius 3 is 3.00 bits per heavy atom. The van der Waals surface area contributed by atoms with Gasteiger partial charge in [0.05, 0.1) is 0 Å². The molecule has 0 aliphatic heterocycles. The average molecular weight is 275 g/mol. The smallest absolute Gasteiger partial charge is 0.268 e. The SMILES string of the molecule is C=C(CS)Cn1c(C)ncc(Br)c1=O. The maximum atomic E-state index is 11.7. The van der Waals surface area contributed by atoms with Gasteiger partial charge in [-0.25, -0.2) is 4.98 Å². The third kappa shape index (κ3) is 2.48. The molecule has 0 saturated carbocycles. The molecule has 0 aliphatic carbocycles. The first kappa shape index (κ1) is 11.5. The quantitative estimate of drug-likeness (QED) is 0.674. The van der Waals surface area contributed by atoms with Crippen molar-refractivity contribution in [1.29, 1.82) is 0 Å². The van der Waals surface area contributed by atoms with E-state index in [-0.39, 0.29) is 5.56 Å². The number of hydrogen-bond acceptors (Lipinski definition) is 3. The molecule has 0 atom stereocenters. The van der Waals surface area contributed by atoms with Crippen LogP contribution in [0.5, 0.6) is 0 Å². The Kier molecular flexibility index (Phi) is 3.95. The molecule has 14 heavy (non-hydrogen) atoms. The van der Waals surface area contributed by atoms with Gasteiger partial charge in [-0.05, 0) is 28.4 Å². The van der Waals surface area contributed by atoms with E-state index in [1.807, 2.05) is 0 Å². The minimum Gasteiger partial charge on any atom is -0.292 e. The summed E-state index contributed by atoms with van der Waals surface area (Å²) >= 11 is 7.24. The summed E-state index contributed by atoms with van der Waals surface area (Å²) < 4.78 is 2.04. The van der Waals surface area contributed by atoms with Crippen LogP contribution in [0.1, 0.15) is 5.82 Å². The van der Waals surface area contributed by atoms with E-state index in [9.17, 15) is 4.79 Å². The zero-order valence-corrected chi connectivity index (χ0v) is 10.3. The van der Waals surface area contributed by atoms with Crippen LogP contribution < -0.4 is 5.56 Å². The molecule has 5 heteroatoms. The second kappa shape index (κ2) is 4.79. The third-order valence-electron chi connectivity index (χ3n) is 1.81. The van der Waals surface area contributed by atoms with Crippen molar-refractivity contribution >= 4 is 28.6 Å². The predicted molar refractivity (Wildman–Crippen MR) is 63.9 cm³/mol. The lowest BCUT2D eigenvalue weighted by Crippen LogP contribution is -2.24. The lowest BCUT2D eigenvalue weighted by Gasteiger charge is -2.09. The van der Waals surface area contributed by atoms with Crippen molar-refractivity contribution in [2.75, 3.05) is 5.75 Å². The molecule has 0 saturated heterocycles. The van der Waals surface area contributed by atoms with Crippen LogP contribution in [0.3, 0.4) is 0 Å². The van der Waals surface area contributed by atoms with Crippen LogP contribution in [-0.2, 0) is 6.54 Å². The van der Waals surface area contributed by atoms with Gasteiger partial charge in [-0.1, -0.05) is 6.58 Å². The lowest BCUT2D eigenvalue weighted by molar-refractivity contribution is 0.689. The number of aromatic nitrogens is 2. The first-order valence-corrected chi connectivity index (χ1v) is 5.48. The molecular formula is C9H11BrN2OS. The van der Waals surface area contributed by atoms with Crippen LogP contribution in [0, 0.1) is 6.92 Å². The Morgan fingerprint density at radius 1 is 1.79 bits per heavy atom. The third-order valence-corrected chi connectivity index (χ3v) is 2.80. The molecule has 3 nitrogen and oxygen atoms in total. The van der Waals surface area contributed by atoms with Gasteiger partial charge in [-0.15, -0.1) is 0 Å². The number of hydrogen-bond donors (Lipinski definition) is 1. The molecule has 0 spiro atoms. The normalized spacial score (nSPS) is 10.2. The van der Waals surface area contributed by atoms with Crippen molar-refractivity contribution in [3.63, 3.8) is 0 Å². The van der Waals surface area contributed by atoms with Gasteiger partial charge in [0.25, 0.3) is 5.56 Å². The van der Waals surface area contributed by atoms with Crippen LogP contribution >= 0.6 is 28.6 Å². The van der Waals surface area contributed by atoms with Gasteiger partial charge >= 0.3 is 0 Å². The van der Waals surface area contributed by atoms with E-state index < -0.39 is 0 Å². The zero-order chi connectivity index (χ0) is 10.7. The highest BCUT2D eigenvalue weighted by molar-refractivity contribution is 9.10. The Morgan fingerprint density at radius 2 is 2.43 bits per heavy atom. The van der Waals surface area contributed by atoms with Gasteiger partial charge < -0.3 is 0 Å². The Labute approximate surface area is 96.4 Å². The summed E-state index contributed by atoms with van der Waals surface area (Å²) in [5, 5.41) is 0. The molecule has 0 radical (unpaired) electrons. The van der Waals surface area contributed by atoms with Crippen LogP contribution in [0.4, 0.5) is 0 Å². The van der Waals surface area contributed by atoms with Crippen LogP contribution in [-0.4, -0.2) is 15.3 Å². The summed E-state index contributed by atoms with van der Waals surface area (Å²) in [6, 6.07) is 0. The van der Waals surface area contributed by atoms with E-state index >= 15 is 0 Å². The molecule has 1 aromatic rings. The second-order valence-corrected chi connectivity index (χ2v) is 4.12. The highest BCUT2D eigenvalue weighted by Crippen LogP contribution is 2.04. The first-order valence-electron chi connectivity index (χ1n) is 4.05. The monoisotopic (exact) mass is 274 g/mol. The summed E-state index contributed by atoms with van der Waals surface area (Å²) in [6.07, 6.45) is 1.51. The van der Waals surface area contributed by atoms with Crippen molar-refractivity contribution < 1.29 is 0 Å². The summed E-state index contributed by atoms with van der Waals surface area (Å²) in [4.78, 5) is 15.7. The number of halogens is 1. The van der Waals surface area contributed by atoms with Gasteiger partial charge in [0, 0.05) is 18.5 Å². The zero-order valence-electron chi connectivity index (χ0n) is 7.83. The van der Waals surface area contributed by atoms with Crippen molar-refractivity contribution in [3.8, 4) is 0 Å². The Balaban J connectivity index is 3.13. The van der Waals surface area contributed by atoms with Crippen LogP contribution in [0.15, 0.2) is 27.6 Å². The fourth-order valence-electron chi connectivity index (χ4n) is 1.01. The first-order chi connectivity index (χ1) is 6.56. The summed E-state index contributed by atoms with van der Waals surface area (Å²) in [5.41, 5.74) is 0.805. The van der Waals surface area contributed by atoms with Gasteiger partial charge in [0.1, 0.15) is 10.3 Å². The van der Waals surface area contributed by atoms with Crippen molar-refractivity contribution in [1.82, 2.24) is 9.55 Å². The number of rotatable bonds is 3. The van der Waals surface area contributed by atoms with E-state index in [2.05, 4.69) is 40.1 Å². The maximum absolute atomic E-state index is 11.7. The second-order valence-electron chi connectivity index (χ2n) is 2.95. The molecule has 0 N–H and O–H groups in total. The van der Waals surface area contributed by atoms with Crippen LogP contribution in [0.2, 0.25) is 0 Å². The van der Waals surface area contributed by atoms with E-state index in [0.29, 0.717) is 22.6 Å². The van der Waals surface area contributed by atoms with E-state index in [4.69, 9.17) is 0 Å². The fraction of sp³-hybridized carbons (Fsp3) is 0.333. The molecule has 1 heterocycles. The predicted octanol–water partition coefficient (Wildman–Crippen LogP) is 1.80. The standard InChI is InChI=1S/C9H11BrN2OS/c1-6(5-14)4-12-7(2)11-3-8(10)9(12)13/h3,14H,1,4-5H2,2H3. The largest absolute Gasteiger partial charge is 0.292 e. The van der Waals surface area contributed by atoms with Gasteiger partial charge in [-0.3, -0.25) is 9.36 Å². The van der Waals surface area contributed by atoms with Gasteiger partial charge in [0.2, 0.25) is 0 Å². The molecule has 0 aliphatic rings. The number of thiol groups is 1. The number of aryl methyl sites for hydroxylation is 1. The minimum atomic E-state index is -0.0829. The van der Waals surface area contributed by atoms with Crippen molar-refractivity contribution in [3.05, 3.63) is 39.0 Å². The molecule has 1 aromatic heterocycles. The Hall–Kier alpha value is -0.550. The molecule has 0 fully saturated rings. The number of nitrogens with zero attached hydrogens (tertiary/aromatic N) is 2. The van der Waals surface area contributed by atoms with E-state index in [0.717, 1.165) is 5.57 Å². The lowest BCUT2D eigenvalue weighted by atomic mass is 10.3. The highest BCUT2D eigenvalue weighted by atomic mass is 79.9. The van der Waals surface area contributed by atoms with Gasteiger partial charge in [-0.2, -0.15) is 12.6 Å². The molecule has 0 bridgehead atoms. The fourth-order valence-corrected chi connectivity index (χ4v) is 1.43. The maximum Gasteiger partial charge on any atom is 0.268 e. The Bertz CT molecular complexity index is 414. The molecule has 0 amide bonds. The van der Waals surface area contributed by atoms with E-state index in [1.54, 1.807) is 11.5 Å². The average Bonchev–Trinajstić information content (AvgIpc) is 2.18. The van der Waals surface area contributed by atoms with Crippen molar-refractivity contribution in [2.45, 2.75) is 13.5 Å². The molecule has 1 rings (SSSR count).